The highest BCUT2D eigenvalue weighted by Gasteiger charge is 2.30. The average molecular weight is 533 g/mol. The van der Waals surface area contributed by atoms with Gasteiger partial charge in [0.25, 0.3) is 5.91 Å². The van der Waals surface area contributed by atoms with Crippen LogP contribution in [0.3, 0.4) is 0 Å². The summed E-state index contributed by atoms with van der Waals surface area (Å²) in [5.41, 5.74) is 4.61. The van der Waals surface area contributed by atoms with E-state index in [0.29, 0.717) is 35.8 Å². The molecule has 1 aliphatic heterocycles. The number of aryl methyl sites for hydroxylation is 1. The van der Waals surface area contributed by atoms with E-state index in [0.717, 1.165) is 30.9 Å². The standard InChI is InChI=1S/C32H41FN4O2/c1-22-18-36(19-23(2)37(22)21-39-32(4,5)6)20-25-8-14-28(15-9-25)35(7)31(38)29-16-17-30(34-24(29)3)26-10-12-27(33)13-11-26/h8-17,22-23H,18-21H2,1-7H3/t22-,23+. The fourth-order valence-electron chi connectivity index (χ4n) is 5.07. The molecule has 1 saturated heterocycles. The molecule has 6 nitrogen and oxygen atoms in total. The van der Waals surface area contributed by atoms with Crippen molar-refractivity contribution >= 4 is 11.6 Å². The zero-order chi connectivity index (χ0) is 28.3. The number of halogens is 1. The lowest BCUT2D eigenvalue weighted by Crippen LogP contribution is -2.57. The molecule has 0 radical (unpaired) electrons. The minimum atomic E-state index is -0.289. The van der Waals surface area contributed by atoms with Crippen molar-refractivity contribution in [1.29, 1.82) is 0 Å². The van der Waals surface area contributed by atoms with Crippen LogP contribution in [-0.4, -0.2) is 65.2 Å². The van der Waals surface area contributed by atoms with Gasteiger partial charge in [0.2, 0.25) is 0 Å². The van der Waals surface area contributed by atoms with Gasteiger partial charge < -0.3 is 9.64 Å². The summed E-state index contributed by atoms with van der Waals surface area (Å²) in [7, 11) is 1.78. The molecule has 1 aromatic heterocycles. The van der Waals surface area contributed by atoms with Gasteiger partial charge in [-0.3, -0.25) is 19.6 Å². The Morgan fingerprint density at radius 1 is 1.00 bits per heavy atom. The first-order valence-electron chi connectivity index (χ1n) is 13.6. The molecule has 0 saturated carbocycles. The summed E-state index contributed by atoms with van der Waals surface area (Å²) < 4.78 is 19.3. The van der Waals surface area contributed by atoms with E-state index in [1.54, 1.807) is 36.2 Å². The molecule has 3 aromatic rings. The minimum Gasteiger partial charge on any atom is -0.360 e. The van der Waals surface area contributed by atoms with Crippen LogP contribution in [0.1, 0.15) is 56.2 Å². The molecule has 4 rings (SSSR count). The summed E-state index contributed by atoms with van der Waals surface area (Å²) in [6, 6.07) is 18.8. The normalized spacial score (nSPS) is 18.8. The molecule has 0 spiro atoms. The summed E-state index contributed by atoms with van der Waals surface area (Å²) in [6.45, 7) is 16.1. The number of carbonyl (C=O) groups excluding carboxylic acids is 1. The van der Waals surface area contributed by atoms with Crippen molar-refractivity contribution in [3.63, 3.8) is 0 Å². The third-order valence-electron chi connectivity index (χ3n) is 7.31. The third kappa shape index (κ3) is 7.29. The molecule has 0 N–H and O–H groups in total. The Bertz CT molecular complexity index is 1260. The van der Waals surface area contributed by atoms with E-state index in [4.69, 9.17) is 4.74 Å². The number of benzene rings is 2. The van der Waals surface area contributed by atoms with Crippen molar-refractivity contribution in [3.05, 3.63) is 83.3 Å². The quantitative estimate of drug-likeness (QED) is 0.366. The number of aromatic nitrogens is 1. The molecule has 39 heavy (non-hydrogen) atoms. The second kappa shape index (κ2) is 11.9. The second-order valence-electron chi connectivity index (χ2n) is 11.7. The molecule has 0 unspecified atom stereocenters. The fraction of sp³-hybridized carbons (Fsp3) is 0.438. The molecule has 2 atom stereocenters. The molecule has 0 bridgehead atoms. The van der Waals surface area contributed by atoms with Crippen molar-refractivity contribution in [2.24, 2.45) is 0 Å². The molecular formula is C32H41FN4O2. The van der Waals surface area contributed by atoms with Gasteiger partial charge in [-0.15, -0.1) is 0 Å². The van der Waals surface area contributed by atoms with Gasteiger partial charge >= 0.3 is 0 Å². The van der Waals surface area contributed by atoms with Crippen LogP contribution in [0.15, 0.2) is 60.7 Å². The zero-order valence-corrected chi connectivity index (χ0v) is 24.2. The van der Waals surface area contributed by atoms with Gasteiger partial charge in [0.05, 0.1) is 22.6 Å². The number of rotatable bonds is 7. The number of piperazine rings is 1. The maximum atomic E-state index is 13.3. The SMILES string of the molecule is Cc1nc(-c2ccc(F)cc2)ccc1C(=O)N(C)c1ccc(CN2C[C@@H](C)N(COC(C)(C)C)[C@@H](C)C2)cc1. The number of hydrogen-bond acceptors (Lipinski definition) is 5. The highest BCUT2D eigenvalue weighted by Crippen LogP contribution is 2.24. The Balaban J connectivity index is 1.37. The highest BCUT2D eigenvalue weighted by molar-refractivity contribution is 6.06. The van der Waals surface area contributed by atoms with Gasteiger partial charge in [-0.25, -0.2) is 4.39 Å². The number of carbonyl (C=O) groups is 1. The Labute approximate surface area is 232 Å². The van der Waals surface area contributed by atoms with Gasteiger partial charge in [-0.1, -0.05) is 12.1 Å². The van der Waals surface area contributed by atoms with Crippen LogP contribution in [0, 0.1) is 12.7 Å². The fourth-order valence-corrected chi connectivity index (χ4v) is 5.07. The first kappa shape index (κ1) is 28.9. The third-order valence-corrected chi connectivity index (χ3v) is 7.31. The van der Waals surface area contributed by atoms with Gasteiger partial charge in [-0.2, -0.15) is 0 Å². The maximum Gasteiger partial charge on any atom is 0.259 e. The summed E-state index contributed by atoms with van der Waals surface area (Å²) in [5.74, 6) is -0.405. The first-order valence-corrected chi connectivity index (χ1v) is 13.6. The topological polar surface area (TPSA) is 48.9 Å². The Morgan fingerprint density at radius 2 is 1.62 bits per heavy atom. The smallest absolute Gasteiger partial charge is 0.259 e. The summed E-state index contributed by atoms with van der Waals surface area (Å²) in [5, 5.41) is 0. The van der Waals surface area contributed by atoms with Crippen LogP contribution < -0.4 is 4.90 Å². The molecular weight excluding hydrogens is 491 g/mol. The molecule has 0 aliphatic carbocycles. The number of amides is 1. The van der Waals surface area contributed by atoms with Gasteiger partial charge in [0.1, 0.15) is 12.5 Å². The number of anilines is 1. The predicted molar refractivity (Wildman–Crippen MR) is 155 cm³/mol. The molecule has 2 aromatic carbocycles. The summed E-state index contributed by atoms with van der Waals surface area (Å²) >= 11 is 0. The Kier molecular flexibility index (Phi) is 8.84. The predicted octanol–water partition coefficient (Wildman–Crippen LogP) is 6.14. The average Bonchev–Trinajstić information content (AvgIpc) is 2.87. The first-order chi connectivity index (χ1) is 18.4. The van der Waals surface area contributed by atoms with Crippen molar-refractivity contribution in [2.45, 2.75) is 65.8 Å². The van der Waals surface area contributed by atoms with Crippen LogP contribution in [0.25, 0.3) is 11.3 Å². The van der Waals surface area contributed by atoms with Crippen LogP contribution in [0.2, 0.25) is 0 Å². The van der Waals surface area contributed by atoms with E-state index in [2.05, 4.69) is 61.5 Å². The zero-order valence-electron chi connectivity index (χ0n) is 24.2. The molecule has 2 heterocycles. The van der Waals surface area contributed by atoms with Gasteiger partial charge in [0.15, 0.2) is 0 Å². The lowest BCUT2D eigenvalue weighted by Gasteiger charge is -2.45. The summed E-state index contributed by atoms with van der Waals surface area (Å²) in [6.07, 6.45) is 0. The van der Waals surface area contributed by atoms with Crippen molar-refractivity contribution in [1.82, 2.24) is 14.8 Å². The largest absolute Gasteiger partial charge is 0.360 e. The molecule has 1 fully saturated rings. The highest BCUT2D eigenvalue weighted by atomic mass is 19.1. The van der Waals surface area contributed by atoms with Crippen LogP contribution in [-0.2, 0) is 11.3 Å². The van der Waals surface area contributed by atoms with E-state index in [9.17, 15) is 9.18 Å². The van der Waals surface area contributed by atoms with Crippen LogP contribution >= 0.6 is 0 Å². The van der Waals surface area contributed by atoms with Crippen molar-refractivity contribution in [2.75, 3.05) is 31.8 Å². The molecule has 208 valence electrons. The molecule has 1 amide bonds. The Hall–Kier alpha value is -3.13. The molecule has 7 heteroatoms. The Morgan fingerprint density at radius 3 is 2.18 bits per heavy atom. The maximum absolute atomic E-state index is 13.3. The van der Waals surface area contributed by atoms with Crippen LogP contribution in [0.5, 0.6) is 0 Å². The number of pyridine rings is 1. The second-order valence-corrected chi connectivity index (χ2v) is 11.7. The van der Waals surface area contributed by atoms with E-state index in [1.165, 1.54) is 17.7 Å². The minimum absolute atomic E-state index is 0.116. The van der Waals surface area contributed by atoms with Gasteiger partial charge in [0, 0.05) is 50.0 Å². The van der Waals surface area contributed by atoms with E-state index in [1.807, 2.05) is 19.1 Å². The lowest BCUT2D eigenvalue weighted by molar-refractivity contribution is -0.106. The van der Waals surface area contributed by atoms with E-state index in [-0.39, 0.29) is 17.3 Å². The molecule has 1 aliphatic rings. The van der Waals surface area contributed by atoms with Gasteiger partial charge in [-0.05, 0) is 95.6 Å². The lowest BCUT2D eigenvalue weighted by atomic mass is 10.1. The van der Waals surface area contributed by atoms with E-state index < -0.39 is 0 Å². The number of ether oxygens (including phenoxy) is 1. The monoisotopic (exact) mass is 532 g/mol. The number of hydrogen-bond donors (Lipinski definition) is 0. The number of nitrogens with zero attached hydrogens (tertiary/aromatic N) is 4. The van der Waals surface area contributed by atoms with E-state index >= 15 is 0 Å². The summed E-state index contributed by atoms with van der Waals surface area (Å²) in [4.78, 5) is 24.5. The van der Waals surface area contributed by atoms with Crippen LogP contribution in [0.4, 0.5) is 10.1 Å². The van der Waals surface area contributed by atoms with Crippen molar-refractivity contribution < 1.29 is 13.9 Å². The van der Waals surface area contributed by atoms with Crippen molar-refractivity contribution in [3.8, 4) is 11.3 Å².